The van der Waals surface area contributed by atoms with Crippen LogP contribution in [0.5, 0.6) is 17.2 Å². The number of ketones is 3. The van der Waals surface area contributed by atoms with Crippen molar-refractivity contribution in [2.45, 2.75) is 62.4 Å². The number of carbonyl (C=O) groups is 3. The predicted molar refractivity (Wildman–Crippen MR) is 132 cm³/mol. The minimum atomic E-state index is -2.24. The van der Waals surface area contributed by atoms with E-state index in [1.54, 1.807) is 6.92 Å². The van der Waals surface area contributed by atoms with Gasteiger partial charge < -0.3 is 45.5 Å². The summed E-state index contributed by atoms with van der Waals surface area (Å²) in [6.07, 6.45) is -5.12. The van der Waals surface area contributed by atoms with Crippen molar-refractivity contribution >= 4 is 17.3 Å². The molecular formula is C27H29NO11W. The van der Waals surface area contributed by atoms with E-state index < -0.39 is 95.7 Å². The van der Waals surface area contributed by atoms with Crippen molar-refractivity contribution in [1.29, 1.82) is 0 Å². The molecule has 2 aliphatic carbocycles. The third-order valence-corrected chi connectivity index (χ3v) is 7.81. The Balaban J connectivity index is 0.00000370. The summed E-state index contributed by atoms with van der Waals surface area (Å²) < 4.78 is 17.0. The van der Waals surface area contributed by atoms with E-state index in [-0.39, 0.29) is 55.5 Å². The number of phenols is 2. The molecule has 5 rings (SSSR count). The largest absolute Gasteiger partial charge is 0.507 e. The Morgan fingerprint density at radius 3 is 2.45 bits per heavy atom. The van der Waals surface area contributed by atoms with Gasteiger partial charge in [-0.2, -0.15) is 0 Å². The second-order valence-electron chi connectivity index (χ2n) is 10.2. The van der Waals surface area contributed by atoms with Gasteiger partial charge in [0.15, 0.2) is 17.9 Å². The molecule has 1 saturated heterocycles. The topological polar surface area (TPSA) is 206 Å². The summed E-state index contributed by atoms with van der Waals surface area (Å²) in [4.78, 5) is 39.7. The number of aromatic hydroxyl groups is 2. The maximum atomic E-state index is 13.6. The van der Waals surface area contributed by atoms with Gasteiger partial charge in [-0.05, 0) is 13.0 Å². The Morgan fingerprint density at radius 1 is 1.15 bits per heavy atom. The van der Waals surface area contributed by atoms with E-state index in [4.69, 9.17) is 19.9 Å². The van der Waals surface area contributed by atoms with Crippen LogP contribution in [0.15, 0.2) is 18.2 Å². The number of hydrogen-bond donors (Lipinski definition) is 6. The van der Waals surface area contributed by atoms with Gasteiger partial charge in [0.25, 0.3) is 0 Å². The minimum Gasteiger partial charge on any atom is -0.507 e. The molecule has 2 aromatic rings. The normalized spacial score (nSPS) is 29.1. The number of nitrogens with two attached hydrogens (primary N) is 1. The van der Waals surface area contributed by atoms with Crippen LogP contribution in [0.4, 0.5) is 0 Å². The van der Waals surface area contributed by atoms with Crippen LogP contribution in [0.2, 0.25) is 0 Å². The van der Waals surface area contributed by atoms with Crippen LogP contribution in [0.25, 0.3) is 0 Å². The van der Waals surface area contributed by atoms with Crippen molar-refractivity contribution in [3.05, 3.63) is 51.6 Å². The van der Waals surface area contributed by atoms with Gasteiger partial charge in [0.1, 0.15) is 29.5 Å². The monoisotopic (exact) mass is 727 g/mol. The summed E-state index contributed by atoms with van der Waals surface area (Å²) in [5, 5.41) is 53.7. The molecule has 0 amide bonds. The molecule has 1 heterocycles. The number of ether oxygens (including phenoxy) is 3. The molecule has 2 aromatic carbocycles. The van der Waals surface area contributed by atoms with Crippen LogP contribution in [0.3, 0.4) is 0 Å². The molecule has 3 aliphatic rings. The molecule has 13 heteroatoms. The predicted octanol–water partition coefficient (Wildman–Crippen LogP) is -0.00120. The van der Waals surface area contributed by atoms with E-state index >= 15 is 0 Å². The standard InChI is InChI=1S/C27H29NO11.W/c1-10-22(31)13(28)6-17(38-10)39-15-8-27(36,16(30)9-29)7-12-19(15)26(35)21-20(24(12)33)23(32)11-4-3-5-14(37-2)18(11)25(21)34;/h3-5,10,13,15,17,22,29,31,33,35-36H,6-9,28H2,1-2H3;/t10-,13-,15-,17+,22-,27+;/m1./s1. The van der Waals surface area contributed by atoms with E-state index in [1.165, 1.54) is 25.3 Å². The van der Waals surface area contributed by atoms with Crippen LogP contribution >= 0.6 is 0 Å². The van der Waals surface area contributed by atoms with Crippen molar-refractivity contribution in [1.82, 2.24) is 0 Å². The van der Waals surface area contributed by atoms with Crippen LogP contribution < -0.4 is 10.5 Å². The quantitative estimate of drug-likeness (QED) is 0.192. The second kappa shape index (κ2) is 10.9. The zero-order valence-electron chi connectivity index (χ0n) is 21.6. The fraction of sp³-hybridized carbons (Fsp3) is 0.444. The molecule has 1 fully saturated rings. The number of phenolic OH excluding ortho intramolecular Hbond substituents is 2. The van der Waals surface area contributed by atoms with Crippen LogP contribution in [-0.2, 0) is 41.8 Å². The van der Waals surface area contributed by atoms with Gasteiger partial charge in [0.2, 0.25) is 5.78 Å². The van der Waals surface area contributed by atoms with Gasteiger partial charge in [-0.3, -0.25) is 14.4 Å². The molecule has 0 saturated carbocycles. The molecule has 0 aromatic heterocycles. The first-order valence-electron chi connectivity index (χ1n) is 12.4. The first-order valence-corrected chi connectivity index (χ1v) is 12.4. The summed E-state index contributed by atoms with van der Waals surface area (Å²) in [5.74, 6) is -3.77. The number of rotatable bonds is 5. The number of methoxy groups -OCH3 is 1. The SMILES string of the molecule is COc1cccc2c1C(=O)c1c(O)c3c(c(O)c1C2=O)C[C@@](O)(C(=O)CO)C[C@H]3O[C@H]1C[C@@H](N)[C@H](O)[C@@H](C)O1.[W]. The average molecular weight is 727 g/mol. The number of aliphatic hydroxyl groups is 3. The van der Waals surface area contributed by atoms with Gasteiger partial charge in [0.05, 0.1) is 42.1 Å². The van der Waals surface area contributed by atoms with Gasteiger partial charge in [-0.1, -0.05) is 12.1 Å². The van der Waals surface area contributed by atoms with Crippen molar-refractivity contribution in [2.24, 2.45) is 5.73 Å². The summed E-state index contributed by atoms with van der Waals surface area (Å²) in [6.45, 7) is 0.560. The van der Waals surface area contributed by atoms with Gasteiger partial charge in [-0.25, -0.2) is 0 Å². The van der Waals surface area contributed by atoms with E-state index in [2.05, 4.69) is 0 Å². The average Bonchev–Trinajstić information content (AvgIpc) is 2.90. The third kappa shape index (κ3) is 4.57. The first-order chi connectivity index (χ1) is 18.4. The molecule has 1 aliphatic heterocycles. The molecule has 0 bridgehead atoms. The van der Waals surface area contributed by atoms with E-state index in [9.17, 15) is 39.9 Å². The Hall–Kier alpha value is -2.70. The Kier molecular flexibility index (Phi) is 8.28. The number of fused-ring (bicyclic) bond motifs is 3. The Morgan fingerprint density at radius 2 is 1.82 bits per heavy atom. The van der Waals surface area contributed by atoms with Crippen LogP contribution in [-0.4, -0.2) is 86.7 Å². The molecule has 12 nitrogen and oxygen atoms in total. The van der Waals surface area contributed by atoms with E-state index in [0.717, 1.165) is 0 Å². The molecule has 0 radical (unpaired) electrons. The van der Waals surface area contributed by atoms with Crippen LogP contribution in [0.1, 0.15) is 68.8 Å². The molecule has 0 unspecified atom stereocenters. The summed E-state index contributed by atoms with van der Waals surface area (Å²) >= 11 is 0. The summed E-state index contributed by atoms with van der Waals surface area (Å²) in [7, 11) is 1.32. The minimum absolute atomic E-state index is 0. The Bertz CT molecular complexity index is 1380. The van der Waals surface area contributed by atoms with Gasteiger partial charge >= 0.3 is 0 Å². The molecule has 0 spiro atoms. The zero-order valence-corrected chi connectivity index (χ0v) is 24.6. The smallest absolute Gasteiger partial charge is 0.202 e. The molecular weight excluding hydrogens is 698 g/mol. The first kappa shape index (κ1) is 30.3. The number of hydrogen-bond acceptors (Lipinski definition) is 12. The second-order valence-corrected chi connectivity index (χ2v) is 10.2. The number of Topliss-reactive ketones (excluding diaryl/α,β-unsaturated/α-hetero) is 1. The Labute approximate surface area is 242 Å². The number of benzene rings is 2. The van der Waals surface area contributed by atoms with Crippen molar-refractivity contribution in [2.75, 3.05) is 13.7 Å². The molecule has 214 valence electrons. The van der Waals surface area contributed by atoms with Crippen molar-refractivity contribution < 1.29 is 75.2 Å². The molecule has 7 N–H and O–H groups in total. The summed E-state index contributed by atoms with van der Waals surface area (Å²) in [6, 6.07) is 3.64. The number of carbonyl (C=O) groups excluding carboxylic acids is 3. The fourth-order valence-corrected chi connectivity index (χ4v) is 5.75. The van der Waals surface area contributed by atoms with Gasteiger partial charge in [-0.15, -0.1) is 0 Å². The molecule has 6 atom stereocenters. The molecule has 40 heavy (non-hydrogen) atoms. The van der Waals surface area contributed by atoms with E-state index in [0.29, 0.717) is 0 Å². The van der Waals surface area contributed by atoms with Crippen molar-refractivity contribution in [3.63, 3.8) is 0 Å². The summed E-state index contributed by atoms with van der Waals surface area (Å²) in [5.41, 5.74) is 2.37. The van der Waals surface area contributed by atoms with Crippen LogP contribution in [0, 0.1) is 0 Å². The zero-order chi connectivity index (χ0) is 28.4. The maximum absolute atomic E-state index is 13.6. The fourth-order valence-electron chi connectivity index (χ4n) is 5.75. The van der Waals surface area contributed by atoms with Crippen molar-refractivity contribution in [3.8, 4) is 17.2 Å². The third-order valence-electron chi connectivity index (χ3n) is 7.81. The maximum Gasteiger partial charge on any atom is 0.202 e. The van der Waals surface area contributed by atoms with E-state index in [1.807, 2.05) is 0 Å². The number of aliphatic hydroxyl groups excluding tert-OH is 2. The van der Waals surface area contributed by atoms with Gasteiger partial charge in [0, 0.05) is 63.1 Å².